The summed E-state index contributed by atoms with van der Waals surface area (Å²) in [6.07, 6.45) is 0.632. The molecule has 2 amide bonds. The van der Waals surface area contributed by atoms with Crippen LogP contribution in [0.5, 0.6) is 0 Å². The Kier molecular flexibility index (Phi) is 9.71. The fourth-order valence-electron chi connectivity index (χ4n) is 4.75. The Morgan fingerprint density at radius 1 is 0.763 bits per heavy atom. The third kappa shape index (κ3) is 7.11. The van der Waals surface area contributed by atoms with Crippen LogP contribution in [0.2, 0.25) is 5.02 Å². The highest BCUT2D eigenvalue weighted by atomic mass is 35.5. The van der Waals surface area contributed by atoms with E-state index in [2.05, 4.69) is 29.6 Å². The summed E-state index contributed by atoms with van der Waals surface area (Å²) in [7, 11) is 0. The first-order chi connectivity index (χ1) is 18.6. The van der Waals surface area contributed by atoms with E-state index >= 15 is 0 Å². The van der Waals surface area contributed by atoms with E-state index in [0.29, 0.717) is 18.0 Å². The lowest BCUT2D eigenvalue weighted by atomic mass is 9.87. The minimum absolute atomic E-state index is 0.102. The molecule has 0 fully saturated rings. The molecule has 4 rings (SSSR count). The van der Waals surface area contributed by atoms with Gasteiger partial charge in [-0.2, -0.15) is 0 Å². The van der Waals surface area contributed by atoms with E-state index in [0.717, 1.165) is 22.3 Å². The van der Waals surface area contributed by atoms with Crippen LogP contribution in [0.3, 0.4) is 0 Å². The number of rotatable bonds is 11. The summed E-state index contributed by atoms with van der Waals surface area (Å²) in [5.41, 5.74) is 3.91. The molecule has 5 heteroatoms. The number of benzene rings is 4. The fraction of sp³-hybridized carbons (Fsp3) is 0.212. The number of hydrogen-bond acceptors (Lipinski definition) is 2. The predicted molar refractivity (Wildman–Crippen MR) is 154 cm³/mol. The van der Waals surface area contributed by atoms with Crippen LogP contribution in [-0.2, 0) is 22.6 Å². The molecule has 0 aliphatic heterocycles. The smallest absolute Gasteiger partial charge is 0.243 e. The van der Waals surface area contributed by atoms with Gasteiger partial charge in [-0.25, -0.2) is 0 Å². The van der Waals surface area contributed by atoms with Gasteiger partial charge in [0.1, 0.15) is 6.04 Å². The van der Waals surface area contributed by atoms with E-state index in [1.165, 1.54) is 0 Å². The first-order valence-electron chi connectivity index (χ1n) is 13.0. The van der Waals surface area contributed by atoms with E-state index in [9.17, 15) is 9.59 Å². The number of halogens is 1. The molecule has 0 bridgehead atoms. The normalized spacial score (nSPS) is 11.7. The number of carbonyl (C=O) groups is 2. The molecule has 0 aliphatic rings. The van der Waals surface area contributed by atoms with Gasteiger partial charge >= 0.3 is 0 Å². The van der Waals surface area contributed by atoms with Crippen molar-refractivity contribution >= 4 is 23.4 Å². The topological polar surface area (TPSA) is 49.4 Å². The van der Waals surface area contributed by atoms with Crippen LogP contribution >= 0.6 is 11.6 Å². The van der Waals surface area contributed by atoms with Crippen molar-refractivity contribution < 1.29 is 9.59 Å². The summed E-state index contributed by atoms with van der Waals surface area (Å²) in [6.45, 7) is 2.61. The molecule has 0 radical (unpaired) electrons. The third-order valence-corrected chi connectivity index (χ3v) is 7.07. The first kappa shape index (κ1) is 27.2. The molecular weight excluding hydrogens is 492 g/mol. The first-order valence-corrected chi connectivity index (χ1v) is 13.4. The van der Waals surface area contributed by atoms with E-state index in [1.807, 2.05) is 97.9 Å². The van der Waals surface area contributed by atoms with E-state index in [1.54, 1.807) is 4.90 Å². The highest BCUT2D eigenvalue weighted by molar-refractivity contribution is 6.31. The van der Waals surface area contributed by atoms with E-state index in [-0.39, 0.29) is 30.7 Å². The Morgan fingerprint density at radius 2 is 1.29 bits per heavy atom. The number of amides is 2. The van der Waals surface area contributed by atoms with Gasteiger partial charge in [0.2, 0.25) is 11.8 Å². The minimum Gasteiger partial charge on any atom is -0.355 e. The number of likely N-dealkylation sites (N-methyl/N-ethyl adjacent to an activating group) is 1. The Labute approximate surface area is 230 Å². The van der Waals surface area contributed by atoms with Crippen molar-refractivity contribution in [2.75, 3.05) is 6.54 Å². The van der Waals surface area contributed by atoms with Crippen LogP contribution in [0.15, 0.2) is 115 Å². The molecule has 194 valence electrons. The van der Waals surface area contributed by atoms with Crippen molar-refractivity contribution in [3.63, 3.8) is 0 Å². The monoisotopic (exact) mass is 524 g/mol. The maximum absolute atomic E-state index is 14.3. The summed E-state index contributed by atoms with van der Waals surface area (Å²) in [5, 5.41) is 3.52. The summed E-state index contributed by atoms with van der Waals surface area (Å²) in [5.74, 6) is -0.423. The Bertz CT molecular complexity index is 1270. The van der Waals surface area contributed by atoms with Crippen molar-refractivity contribution in [1.82, 2.24) is 10.2 Å². The Balaban J connectivity index is 1.73. The second kappa shape index (κ2) is 13.6. The maximum atomic E-state index is 14.3. The van der Waals surface area contributed by atoms with Gasteiger partial charge in [-0.05, 0) is 35.2 Å². The zero-order chi connectivity index (χ0) is 26.7. The molecule has 0 aromatic heterocycles. The molecule has 0 saturated heterocycles. The largest absolute Gasteiger partial charge is 0.355 e. The van der Waals surface area contributed by atoms with Gasteiger partial charge in [-0.3, -0.25) is 9.59 Å². The van der Waals surface area contributed by atoms with Gasteiger partial charge in [0.15, 0.2) is 0 Å². The molecular formula is C33H33ClN2O2. The van der Waals surface area contributed by atoms with Crippen LogP contribution in [-0.4, -0.2) is 29.3 Å². The van der Waals surface area contributed by atoms with Crippen molar-refractivity contribution in [3.8, 4) is 0 Å². The van der Waals surface area contributed by atoms with Gasteiger partial charge in [-0.15, -0.1) is 0 Å². The standard InChI is InChI=1S/C33H33ClN2O2/c1-2-35-33(38)31(22-25-14-6-3-7-15-25)36(24-28-20-12-13-21-30(28)34)32(37)23-29(26-16-8-4-9-17-26)27-18-10-5-11-19-27/h3-21,29,31H,2,22-24H2,1H3,(H,35,38)/t31-/m1/s1. The van der Waals surface area contributed by atoms with Crippen LogP contribution in [0, 0.1) is 0 Å². The lowest BCUT2D eigenvalue weighted by Gasteiger charge is -2.33. The van der Waals surface area contributed by atoms with Gasteiger partial charge < -0.3 is 10.2 Å². The lowest BCUT2D eigenvalue weighted by molar-refractivity contribution is -0.141. The molecule has 0 saturated carbocycles. The summed E-state index contributed by atoms with van der Waals surface area (Å²) in [6, 6.07) is 36.7. The Morgan fingerprint density at radius 3 is 1.84 bits per heavy atom. The van der Waals surface area contributed by atoms with Gasteiger partial charge in [0, 0.05) is 36.9 Å². The molecule has 0 unspecified atom stereocenters. The molecule has 1 atom stereocenters. The van der Waals surface area contributed by atoms with Crippen LogP contribution in [0.1, 0.15) is 41.5 Å². The molecule has 0 aliphatic carbocycles. The molecule has 38 heavy (non-hydrogen) atoms. The quantitative estimate of drug-likeness (QED) is 0.239. The van der Waals surface area contributed by atoms with E-state index < -0.39 is 6.04 Å². The minimum atomic E-state index is -0.687. The molecule has 0 spiro atoms. The van der Waals surface area contributed by atoms with Gasteiger partial charge in [-0.1, -0.05) is 121 Å². The maximum Gasteiger partial charge on any atom is 0.243 e. The second-order valence-corrected chi connectivity index (χ2v) is 9.70. The molecule has 4 aromatic carbocycles. The summed E-state index contributed by atoms with van der Waals surface area (Å²) >= 11 is 6.54. The predicted octanol–water partition coefficient (Wildman–Crippen LogP) is 6.64. The molecule has 1 N–H and O–H groups in total. The van der Waals surface area contributed by atoms with E-state index in [4.69, 9.17) is 11.6 Å². The van der Waals surface area contributed by atoms with Crippen molar-refractivity contribution in [2.24, 2.45) is 0 Å². The average Bonchev–Trinajstić information content (AvgIpc) is 2.96. The summed E-state index contributed by atoms with van der Waals surface area (Å²) < 4.78 is 0. The van der Waals surface area contributed by atoms with Gasteiger partial charge in [0.05, 0.1) is 0 Å². The van der Waals surface area contributed by atoms with Crippen LogP contribution in [0.4, 0.5) is 0 Å². The highest BCUT2D eigenvalue weighted by Crippen LogP contribution is 2.30. The van der Waals surface area contributed by atoms with Crippen molar-refractivity contribution in [2.45, 2.75) is 38.3 Å². The molecule has 4 nitrogen and oxygen atoms in total. The Hall–Kier alpha value is -3.89. The number of hydrogen-bond donors (Lipinski definition) is 1. The SMILES string of the molecule is CCNC(=O)[C@@H](Cc1ccccc1)N(Cc1ccccc1Cl)C(=O)CC(c1ccccc1)c1ccccc1. The lowest BCUT2D eigenvalue weighted by Crippen LogP contribution is -2.50. The highest BCUT2D eigenvalue weighted by Gasteiger charge is 2.32. The van der Waals surface area contributed by atoms with Crippen molar-refractivity contribution in [3.05, 3.63) is 143 Å². The average molecular weight is 525 g/mol. The number of nitrogens with zero attached hydrogens (tertiary/aromatic N) is 1. The molecule has 0 heterocycles. The molecule has 4 aromatic rings. The van der Waals surface area contributed by atoms with Crippen molar-refractivity contribution in [1.29, 1.82) is 0 Å². The zero-order valence-corrected chi connectivity index (χ0v) is 22.4. The summed E-state index contributed by atoms with van der Waals surface area (Å²) in [4.78, 5) is 29.4. The number of carbonyl (C=O) groups excluding carboxylic acids is 2. The number of nitrogens with one attached hydrogen (secondary N) is 1. The van der Waals surface area contributed by atoms with Crippen LogP contribution < -0.4 is 5.32 Å². The second-order valence-electron chi connectivity index (χ2n) is 9.29. The van der Waals surface area contributed by atoms with Gasteiger partial charge in [0.25, 0.3) is 0 Å². The van der Waals surface area contributed by atoms with Crippen LogP contribution in [0.25, 0.3) is 0 Å². The third-order valence-electron chi connectivity index (χ3n) is 6.70. The zero-order valence-electron chi connectivity index (χ0n) is 21.6. The fourth-order valence-corrected chi connectivity index (χ4v) is 4.94.